The number of unbranched alkanes of at least 4 members (excludes halogenated alkanes) is 3. The number of hydrogen-bond acceptors (Lipinski definition) is 7. The van der Waals surface area contributed by atoms with Crippen LogP contribution < -0.4 is 14.8 Å². The summed E-state index contributed by atoms with van der Waals surface area (Å²) in [4.78, 5) is 22.9. The van der Waals surface area contributed by atoms with E-state index in [2.05, 4.69) is 5.32 Å². The first-order valence-corrected chi connectivity index (χ1v) is 13.5. The third-order valence-electron chi connectivity index (χ3n) is 6.76. The molecule has 1 atom stereocenters. The summed E-state index contributed by atoms with van der Waals surface area (Å²) >= 11 is 0. The maximum Gasteiger partial charge on any atom is 0.303 e. The molecule has 0 fully saturated rings. The van der Waals surface area contributed by atoms with E-state index in [9.17, 15) is 14.7 Å². The highest BCUT2D eigenvalue weighted by atomic mass is 16.5. The Morgan fingerprint density at radius 3 is 1.75 bits per heavy atom. The maximum atomic E-state index is 12.3. The second-order valence-electron chi connectivity index (χ2n) is 9.56. The van der Waals surface area contributed by atoms with Crippen molar-refractivity contribution in [3.63, 3.8) is 0 Å². The lowest BCUT2D eigenvalue weighted by atomic mass is 9.80. The molecular weight excluding hydrogens is 510 g/mol. The molecule has 0 bridgehead atoms. The highest BCUT2D eigenvalue weighted by Crippen LogP contribution is 2.41. The number of ether oxygens (including phenoxy) is 3. The Kier molecular flexibility index (Phi) is 12.1. The third-order valence-corrected chi connectivity index (χ3v) is 6.76. The van der Waals surface area contributed by atoms with Gasteiger partial charge in [-0.15, -0.1) is 0 Å². The molecule has 3 aromatic carbocycles. The van der Waals surface area contributed by atoms with E-state index >= 15 is 0 Å². The van der Waals surface area contributed by atoms with Crippen LogP contribution in [-0.4, -0.2) is 55.6 Å². The number of hydrogen-bond donors (Lipinski definition) is 3. The number of carboxylic acids is 1. The van der Waals surface area contributed by atoms with Gasteiger partial charge in [0.05, 0.1) is 27.4 Å². The van der Waals surface area contributed by atoms with Crippen LogP contribution in [0.25, 0.3) is 0 Å². The van der Waals surface area contributed by atoms with E-state index in [4.69, 9.17) is 19.3 Å². The monoisotopic (exact) mass is 549 g/mol. The van der Waals surface area contributed by atoms with Crippen molar-refractivity contribution in [3.05, 3.63) is 95.6 Å². The van der Waals surface area contributed by atoms with Crippen LogP contribution in [0, 0.1) is 0 Å². The summed E-state index contributed by atoms with van der Waals surface area (Å²) in [7, 11) is 3.23. The number of benzene rings is 3. The van der Waals surface area contributed by atoms with Gasteiger partial charge in [0.2, 0.25) is 0 Å². The number of carbonyl (C=O) groups excluding carboxylic acids is 1. The Balaban J connectivity index is 1.75. The lowest BCUT2D eigenvalue weighted by molar-refractivity contribution is -0.137. The lowest BCUT2D eigenvalue weighted by Gasteiger charge is -2.36. The predicted molar refractivity (Wildman–Crippen MR) is 153 cm³/mol. The molecular formula is C32H39NO7. The molecule has 8 heteroatoms. The van der Waals surface area contributed by atoms with E-state index < -0.39 is 17.8 Å². The predicted octanol–water partition coefficient (Wildman–Crippen LogP) is 4.91. The minimum atomic E-state index is -1.08. The number of ketones is 1. The number of aliphatic carboxylic acids is 1. The molecule has 214 valence electrons. The molecule has 0 aliphatic carbocycles. The van der Waals surface area contributed by atoms with Crippen LogP contribution in [0.4, 0.5) is 0 Å². The zero-order valence-corrected chi connectivity index (χ0v) is 23.2. The van der Waals surface area contributed by atoms with E-state index in [1.807, 2.05) is 78.9 Å². The van der Waals surface area contributed by atoms with E-state index in [1.54, 1.807) is 14.2 Å². The summed E-state index contributed by atoms with van der Waals surface area (Å²) in [6.07, 6.45) is 2.33. The maximum absolute atomic E-state index is 12.3. The van der Waals surface area contributed by atoms with E-state index in [0.29, 0.717) is 30.8 Å². The van der Waals surface area contributed by atoms with E-state index in [-0.39, 0.29) is 25.4 Å². The number of carboxylic acid groups (broad SMARTS) is 1. The molecule has 40 heavy (non-hydrogen) atoms. The Bertz CT molecular complexity index is 1130. The first-order chi connectivity index (χ1) is 19.4. The second kappa shape index (κ2) is 15.8. The van der Waals surface area contributed by atoms with Gasteiger partial charge in [-0.1, -0.05) is 67.4 Å². The van der Waals surface area contributed by atoms with Gasteiger partial charge in [0.1, 0.15) is 29.1 Å². The molecule has 0 aliphatic rings. The normalized spacial score (nSPS) is 12.1. The summed E-state index contributed by atoms with van der Waals surface area (Å²) in [5.74, 6) is 0.605. The molecule has 0 aromatic heterocycles. The Morgan fingerprint density at radius 2 is 1.25 bits per heavy atom. The van der Waals surface area contributed by atoms with Gasteiger partial charge in [-0.3, -0.25) is 14.9 Å². The number of methoxy groups -OCH3 is 2. The topological polar surface area (TPSA) is 114 Å². The van der Waals surface area contributed by atoms with Gasteiger partial charge in [0.25, 0.3) is 0 Å². The number of Topliss-reactive ketones (excluding diaryl/α,β-unsaturated/α-hetero) is 1. The summed E-state index contributed by atoms with van der Waals surface area (Å²) in [5.41, 5.74) is 1.49. The van der Waals surface area contributed by atoms with Crippen molar-refractivity contribution in [2.45, 2.75) is 50.4 Å². The summed E-state index contributed by atoms with van der Waals surface area (Å²) in [5, 5.41) is 22.4. The first-order valence-electron chi connectivity index (χ1n) is 13.5. The van der Waals surface area contributed by atoms with Crippen molar-refractivity contribution in [2.75, 3.05) is 27.4 Å². The highest BCUT2D eigenvalue weighted by Gasteiger charge is 2.38. The largest absolute Gasteiger partial charge is 0.497 e. The summed E-state index contributed by atoms with van der Waals surface area (Å²) in [6.45, 7) is -0.0710. The number of carbonyl (C=O) groups is 2. The quantitative estimate of drug-likeness (QED) is 0.116. The van der Waals surface area contributed by atoms with Gasteiger partial charge >= 0.3 is 5.97 Å². The minimum Gasteiger partial charge on any atom is -0.497 e. The number of nitrogens with one attached hydrogen (secondary N) is 1. The fourth-order valence-electron chi connectivity index (χ4n) is 4.61. The Hall–Kier alpha value is -3.72. The standard InChI is InChI=1S/C32H39NO7/c1-38-28-18-14-25(15-19-28)32(24-10-6-5-7-11-24,26-16-20-29(39-2)21-17-26)40-23-30(35)33-22-27(34)12-8-3-4-9-13-31(36)37/h5-7,10-11,14-21,30,33,35H,3-4,8-9,12-13,22-23H2,1-2H3,(H,36,37). The Labute approximate surface area is 235 Å². The lowest BCUT2D eigenvalue weighted by Crippen LogP contribution is -2.41. The number of aliphatic hydroxyl groups excluding tert-OH is 1. The van der Waals surface area contributed by atoms with Crippen LogP contribution in [0.1, 0.15) is 55.2 Å². The molecule has 3 aromatic rings. The molecule has 8 nitrogen and oxygen atoms in total. The molecule has 0 amide bonds. The van der Waals surface area contributed by atoms with Crippen LogP contribution in [0.15, 0.2) is 78.9 Å². The molecule has 0 saturated carbocycles. The molecule has 0 spiro atoms. The summed E-state index contributed by atoms with van der Waals surface area (Å²) < 4.78 is 17.4. The van der Waals surface area contributed by atoms with Crippen LogP contribution in [0.2, 0.25) is 0 Å². The first kappa shape index (κ1) is 30.8. The molecule has 0 saturated heterocycles. The molecule has 3 N–H and O–H groups in total. The summed E-state index contributed by atoms with van der Waals surface area (Å²) in [6, 6.07) is 25.0. The van der Waals surface area contributed by atoms with Gasteiger partial charge in [-0.25, -0.2) is 0 Å². The van der Waals surface area contributed by atoms with Gasteiger partial charge in [0, 0.05) is 12.8 Å². The van der Waals surface area contributed by atoms with Crippen molar-refractivity contribution < 1.29 is 34.0 Å². The van der Waals surface area contributed by atoms with Crippen LogP contribution in [-0.2, 0) is 19.9 Å². The van der Waals surface area contributed by atoms with Crippen molar-refractivity contribution >= 4 is 11.8 Å². The molecule has 0 aliphatic heterocycles. The number of aliphatic hydroxyl groups is 1. The fraction of sp³-hybridized carbons (Fsp3) is 0.375. The van der Waals surface area contributed by atoms with E-state index in [1.165, 1.54) is 0 Å². The molecule has 1 unspecified atom stereocenters. The average Bonchev–Trinajstić information content (AvgIpc) is 2.99. The van der Waals surface area contributed by atoms with Crippen molar-refractivity contribution in [1.29, 1.82) is 0 Å². The number of rotatable bonds is 18. The van der Waals surface area contributed by atoms with Gasteiger partial charge in [0.15, 0.2) is 0 Å². The van der Waals surface area contributed by atoms with Crippen molar-refractivity contribution in [1.82, 2.24) is 5.32 Å². The zero-order valence-electron chi connectivity index (χ0n) is 23.2. The second-order valence-corrected chi connectivity index (χ2v) is 9.56. The SMILES string of the molecule is COc1ccc(C(OCC(O)NCC(=O)CCCCCCC(=O)O)(c2ccccc2)c2ccc(OC)cc2)cc1. The van der Waals surface area contributed by atoms with Crippen molar-refractivity contribution in [2.24, 2.45) is 0 Å². The minimum absolute atomic E-state index is 0.0167. The smallest absolute Gasteiger partial charge is 0.303 e. The third kappa shape index (κ3) is 8.64. The van der Waals surface area contributed by atoms with Crippen LogP contribution in [0.5, 0.6) is 11.5 Å². The molecule has 0 radical (unpaired) electrons. The Morgan fingerprint density at radius 1 is 0.750 bits per heavy atom. The zero-order chi connectivity index (χ0) is 28.8. The van der Waals surface area contributed by atoms with E-state index in [0.717, 1.165) is 29.5 Å². The molecule has 3 rings (SSSR count). The average molecular weight is 550 g/mol. The van der Waals surface area contributed by atoms with Gasteiger partial charge < -0.3 is 24.4 Å². The van der Waals surface area contributed by atoms with Crippen molar-refractivity contribution in [3.8, 4) is 11.5 Å². The van der Waals surface area contributed by atoms with Crippen LogP contribution in [0.3, 0.4) is 0 Å². The van der Waals surface area contributed by atoms with Gasteiger partial charge in [-0.2, -0.15) is 0 Å². The molecule has 0 heterocycles. The van der Waals surface area contributed by atoms with Crippen LogP contribution >= 0.6 is 0 Å². The fourth-order valence-corrected chi connectivity index (χ4v) is 4.61. The van der Waals surface area contributed by atoms with Gasteiger partial charge in [-0.05, 0) is 53.8 Å². The highest BCUT2D eigenvalue weighted by molar-refractivity contribution is 5.80.